The highest BCUT2D eigenvalue weighted by molar-refractivity contribution is 7.97. The van der Waals surface area contributed by atoms with E-state index in [0.29, 0.717) is 27.4 Å². The van der Waals surface area contributed by atoms with E-state index in [9.17, 15) is 13.2 Å². The number of benzene rings is 3. The second-order valence-corrected chi connectivity index (χ2v) is 9.65. The Morgan fingerprint density at radius 3 is 2.23 bits per heavy atom. The van der Waals surface area contributed by atoms with Crippen molar-refractivity contribution in [3.63, 3.8) is 0 Å². The first-order chi connectivity index (χ1) is 14.8. The standard InChI is InChI=1S/C24H21ClN2O3S/c1-16(17-9-5-3-6-10-17)26-24(28)23-22(18-11-7-4-8-12-18)20-15-19(25)13-14-21(20)27(2)31(23,29)30/h3-16H,1-2H3,(H,26,28). The van der Waals surface area contributed by atoms with Gasteiger partial charge in [0.15, 0.2) is 4.91 Å². The fourth-order valence-corrected chi connectivity index (χ4v) is 5.35. The van der Waals surface area contributed by atoms with Gasteiger partial charge in [0, 0.05) is 23.2 Å². The molecule has 0 saturated carbocycles. The number of amides is 1. The van der Waals surface area contributed by atoms with Gasteiger partial charge in [-0.1, -0.05) is 72.3 Å². The molecule has 1 atom stereocenters. The van der Waals surface area contributed by atoms with E-state index in [2.05, 4.69) is 5.32 Å². The Hall–Kier alpha value is -3.09. The Morgan fingerprint density at radius 2 is 1.58 bits per heavy atom. The number of carbonyl (C=O) groups is 1. The lowest BCUT2D eigenvalue weighted by molar-refractivity contribution is -0.117. The second kappa shape index (κ2) is 8.21. The molecule has 1 amide bonds. The predicted molar refractivity (Wildman–Crippen MR) is 124 cm³/mol. The fraction of sp³-hybridized carbons (Fsp3) is 0.125. The summed E-state index contributed by atoms with van der Waals surface area (Å²) in [5.41, 5.74) is 2.90. The topological polar surface area (TPSA) is 66.5 Å². The van der Waals surface area contributed by atoms with Crippen LogP contribution in [0.2, 0.25) is 5.02 Å². The Bertz CT molecular complexity index is 1270. The van der Waals surface area contributed by atoms with Crippen LogP contribution in [-0.4, -0.2) is 21.4 Å². The van der Waals surface area contributed by atoms with Crippen molar-refractivity contribution < 1.29 is 13.2 Å². The maximum Gasteiger partial charge on any atom is 0.270 e. The van der Waals surface area contributed by atoms with Crippen LogP contribution in [0.5, 0.6) is 0 Å². The number of hydrogen-bond donors (Lipinski definition) is 1. The number of fused-ring (bicyclic) bond motifs is 1. The Kier molecular flexibility index (Phi) is 5.60. The number of nitrogens with zero attached hydrogens (tertiary/aromatic N) is 1. The summed E-state index contributed by atoms with van der Waals surface area (Å²) in [6, 6.07) is 23.0. The summed E-state index contributed by atoms with van der Waals surface area (Å²) < 4.78 is 28.1. The molecule has 1 heterocycles. The molecule has 4 rings (SSSR count). The number of halogens is 1. The molecular weight excluding hydrogens is 432 g/mol. The van der Waals surface area contributed by atoms with Crippen LogP contribution in [0.25, 0.3) is 5.57 Å². The van der Waals surface area contributed by atoms with Crippen LogP contribution < -0.4 is 9.62 Å². The molecule has 1 aliphatic heterocycles. The number of carbonyl (C=O) groups excluding carboxylic acids is 1. The maximum absolute atomic E-state index is 13.5. The van der Waals surface area contributed by atoms with E-state index in [4.69, 9.17) is 11.6 Å². The molecule has 0 aromatic heterocycles. The van der Waals surface area contributed by atoms with E-state index in [1.165, 1.54) is 7.05 Å². The van der Waals surface area contributed by atoms with Crippen molar-refractivity contribution in [1.29, 1.82) is 0 Å². The first-order valence-corrected chi connectivity index (χ1v) is 11.6. The molecule has 0 aliphatic carbocycles. The summed E-state index contributed by atoms with van der Waals surface area (Å²) in [5.74, 6) is -0.660. The quantitative estimate of drug-likeness (QED) is 0.620. The molecule has 3 aromatic carbocycles. The summed E-state index contributed by atoms with van der Waals surface area (Å²) in [7, 11) is -2.65. The van der Waals surface area contributed by atoms with Gasteiger partial charge in [-0.05, 0) is 36.2 Å². The predicted octanol–water partition coefficient (Wildman–Crippen LogP) is 4.76. The molecule has 158 valence electrons. The lowest BCUT2D eigenvalue weighted by Crippen LogP contribution is -2.40. The Balaban J connectivity index is 1.93. The van der Waals surface area contributed by atoms with Crippen molar-refractivity contribution in [2.75, 3.05) is 11.4 Å². The normalized spacial score (nSPS) is 15.9. The summed E-state index contributed by atoms with van der Waals surface area (Å²) in [6.45, 7) is 1.82. The van der Waals surface area contributed by atoms with Crippen LogP contribution in [-0.2, 0) is 14.8 Å². The first-order valence-electron chi connectivity index (χ1n) is 9.75. The van der Waals surface area contributed by atoms with Crippen molar-refractivity contribution in [2.24, 2.45) is 0 Å². The molecule has 1 aliphatic rings. The van der Waals surface area contributed by atoms with Crippen LogP contribution in [0, 0.1) is 0 Å². The third kappa shape index (κ3) is 3.84. The number of hydrogen-bond acceptors (Lipinski definition) is 3. The molecule has 0 saturated heterocycles. The summed E-state index contributed by atoms with van der Waals surface area (Å²) in [6.07, 6.45) is 0. The zero-order valence-corrected chi connectivity index (χ0v) is 18.6. The van der Waals surface area contributed by atoms with Crippen molar-refractivity contribution in [2.45, 2.75) is 13.0 Å². The van der Waals surface area contributed by atoms with Crippen LogP contribution in [0.15, 0.2) is 83.8 Å². The second-order valence-electron chi connectivity index (χ2n) is 7.31. The number of rotatable bonds is 4. The molecule has 1 N–H and O–H groups in total. The van der Waals surface area contributed by atoms with E-state index >= 15 is 0 Å². The van der Waals surface area contributed by atoms with E-state index in [-0.39, 0.29) is 10.9 Å². The average molecular weight is 453 g/mol. The zero-order valence-electron chi connectivity index (χ0n) is 17.0. The SMILES string of the molecule is CC(NC(=O)C1=C(c2ccccc2)c2cc(Cl)ccc2N(C)S1(=O)=O)c1ccccc1. The van der Waals surface area contributed by atoms with Crippen molar-refractivity contribution in [1.82, 2.24) is 5.32 Å². The van der Waals surface area contributed by atoms with E-state index in [1.807, 2.05) is 43.3 Å². The lowest BCUT2D eigenvalue weighted by Gasteiger charge is -2.31. The van der Waals surface area contributed by atoms with Crippen molar-refractivity contribution >= 4 is 38.8 Å². The Labute approximate surface area is 187 Å². The van der Waals surface area contributed by atoms with Gasteiger partial charge in [-0.25, -0.2) is 8.42 Å². The minimum atomic E-state index is -4.10. The highest BCUT2D eigenvalue weighted by atomic mass is 35.5. The van der Waals surface area contributed by atoms with Crippen LogP contribution in [0.1, 0.15) is 29.7 Å². The molecule has 3 aromatic rings. The van der Waals surface area contributed by atoms with Gasteiger partial charge >= 0.3 is 0 Å². The number of sulfonamides is 1. The molecule has 5 nitrogen and oxygen atoms in total. The maximum atomic E-state index is 13.5. The van der Waals surface area contributed by atoms with Crippen LogP contribution in [0.4, 0.5) is 5.69 Å². The average Bonchev–Trinajstić information content (AvgIpc) is 2.77. The van der Waals surface area contributed by atoms with E-state index in [0.717, 1.165) is 9.87 Å². The van der Waals surface area contributed by atoms with Gasteiger partial charge in [-0.3, -0.25) is 9.10 Å². The fourth-order valence-electron chi connectivity index (χ4n) is 3.71. The smallest absolute Gasteiger partial charge is 0.270 e. The molecule has 0 radical (unpaired) electrons. The van der Waals surface area contributed by atoms with Crippen molar-refractivity contribution in [3.8, 4) is 0 Å². The van der Waals surface area contributed by atoms with Gasteiger partial charge < -0.3 is 5.32 Å². The van der Waals surface area contributed by atoms with Gasteiger partial charge in [0.05, 0.1) is 11.7 Å². The summed E-state index contributed by atoms with van der Waals surface area (Å²) in [4.78, 5) is 13.1. The van der Waals surface area contributed by atoms with Gasteiger partial charge in [-0.15, -0.1) is 0 Å². The zero-order chi connectivity index (χ0) is 22.2. The molecule has 0 bridgehead atoms. The monoisotopic (exact) mass is 452 g/mol. The van der Waals surface area contributed by atoms with Crippen LogP contribution >= 0.6 is 11.6 Å². The molecular formula is C24H21ClN2O3S. The lowest BCUT2D eigenvalue weighted by atomic mass is 9.95. The Morgan fingerprint density at radius 1 is 0.968 bits per heavy atom. The minimum absolute atomic E-state index is 0.293. The molecule has 0 spiro atoms. The van der Waals surface area contributed by atoms with Crippen molar-refractivity contribution in [3.05, 3.63) is 105 Å². The molecule has 1 unspecified atom stereocenters. The largest absolute Gasteiger partial charge is 0.345 e. The van der Waals surface area contributed by atoms with E-state index < -0.39 is 15.9 Å². The van der Waals surface area contributed by atoms with Gasteiger partial charge in [-0.2, -0.15) is 0 Å². The van der Waals surface area contributed by atoms with E-state index in [1.54, 1.807) is 42.5 Å². The third-order valence-electron chi connectivity index (χ3n) is 5.33. The first kappa shape index (κ1) is 21.2. The molecule has 0 fully saturated rings. The van der Waals surface area contributed by atoms with Gasteiger partial charge in [0.1, 0.15) is 0 Å². The molecule has 31 heavy (non-hydrogen) atoms. The summed E-state index contributed by atoms with van der Waals surface area (Å²) in [5, 5.41) is 3.31. The minimum Gasteiger partial charge on any atom is -0.345 e. The summed E-state index contributed by atoms with van der Waals surface area (Å²) >= 11 is 6.25. The number of anilines is 1. The highest BCUT2D eigenvalue weighted by Gasteiger charge is 2.40. The highest BCUT2D eigenvalue weighted by Crippen LogP contribution is 2.43. The number of nitrogens with one attached hydrogen (secondary N) is 1. The van der Waals surface area contributed by atoms with Crippen LogP contribution in [0.3, 0.4) is 0 Å². The van der Waals surface area contributed by atoms with Gasteiger partial charge in [0.25, 0.3) is 15.9 Å². The van der Waals surface area contributed by atoms with Gasteiger partial charge in [0.2, 0.25) is 0 Å². The third-order valence-corrected chi connectivity index (χ3v) is 7.39. The molecule has 7 heteroatoms.